The van der Waals surface area contributed by atoms with Crippen LogP contribution in [0.1, 0.15) is 38.5 Å². The molecular weight excluding hydrogens is 464 g/mol. The minimum atomic E-state index is -0.0172. The Morgan fingerprint density at radius 3 is 2.24 bits per heavy atom. The smallest absolute Gasteiger partial charge is 0.225 e. The Morgan fingerprint density at radius 2 is 1.71 bits per heavy atom. The van der Waals surface area contributed by atoms with Gasteiger partial charge in [-0.25, -0.2) is 0 Å². The van der Waals surface area contributed by atoms with Crippen molar-refractivity contribution in [2.45, 2.75) is 38.5 Å². The zero-order valence-electron chi connectivity index (χ0n) is 11.7. The molecule has 3 nitrogen and oxygen atoms in total. The Balaban J connectivity index is 2.08. The first-order valence-electron chi connectivity index (χ1n) is 7.10. The van der Waals surface area contributed by atoms with E-state index in [4.69, 9.17) is 5.73 Å². The quantitative estimate of drug-likeness (QED) is 0.618. The molecule has 1 amide bonds. The largest absolute Gasteiger partial charge is 0.330 e. The minimum absolute atomic E-state index is 0.0172. The van der Waals surface area contributed by atoms with Gasteiger partial charge < -0.3 is 11.1 Å². The summed E-state index contributed by atoms with van der Waals surface area (Å²) in [4.78, 5) is 12.4. The molecule has 1 fully saturated rings. The first kappa shape index (κ1) is 17.4. The molecule has 2 rings (SSSR count). The number of anilines is 1. The number of benzene rings is 1. The predicted molar refractivity (Wildman–Crippen MR) is 97.4 cm³/mol. The lowest BCUT2D eigenvalue weighted by molar-refractivity contribution is -0.118. The highest BCUT2D eigenvalue weighted by Gasteiger charge is 2.33. The van der Waals surface area contributed by atoms with Crippen LogP contribution in [0, 0.1) is 5.41 Å². The molecule has 1 aromatic carbocycles. The van der Waals surface area contributed by atoms with Crippen molar-refractivity contribution in [1.29, 1.82) is 0 Å². The summed E-state index contributed by atoms with van der Waals surface area (Å²) in [6.45, 7) is 0.586. The summed E-state index contributed by atoms with van der Waals surface area (Å²) in [5, 5.41) is 3.00. The average molecular weight is 483 g/mol. The second-order valence-electron chi connectivity index (χ2n) is 5.73. The topological polar surface area (TPSA) is 55.1 Å². The Bertz CT molecular complexity index is 505. The van der Waals surface area contributed by atoms with E-state index >= 15 is 0 Å². The molecule has 0 aliphatic heterocycles. The molecule has 1 saturated carbocycles. The van der Waals surface area contributed by atoms with Crippen LogP contribution in [0.25, 0.3) is 0 Å². The molecule has 0 radical (unpaired) electrons. The van der Waals surface area contributed by atoms with Crippen molar-refractivity contribution < 1.29 is 4.79 Å². The number of halogens is 3. The van der Waals surface area contributed by atoms with Crippen molar-refractivity contribution in [2.75, 3.05) is 11.9 Å². The number of rotatable bonds is 4. The fourth-order valence-electron chi connectivity index (χ4n) is 2.94. The molecule has 0 heterocycles. The molecule has 0 unspecified atom stereocenters. The van der Waals surface area contributed by atoms with Gasteiger partial charge in [-0.15, -0.1) is 0 Å². The van der Waals surface area contributed by atoms with Gasteiger partial charge in [-0.05, 0) is 68.8 Å². The fourth-order valence-corrected chi connectivity index (χ4v) is 5.40. The van der Waals surface area contributed by atoms with E-state index in [1.807, 2.05) is 12.1 Å². The first-order chi connectivity index (χ1) is 9.96. The van der Waals surface area contributed by atoms with Crippen molar-refractivity contribution in [3.63, 3.8) is 0 Å². The molecule has 0 aromatic heterocycles. The van der Waals surface area contributed by atoms with Gasteiger partial charge in [-0.2, -0.15) is 0 Å². The van der Waals surface area contributed by atoms with E-state index in [1.165, 1.54) is 19.3 Å². The SMILES string of the molecule is NCC1(CC(=O)Nc2c(Br)cc(Br)cc2Br)CCCCC1. The van der Waals surface area contributed by atoms with E-state index in [2.05, 4.69) is 53.1 Å². The molecular formula is C15H19Br3N2O. The van der Waals surface area contributed by atoms with E-state index in [0.717, 1.165) is 31.9 Å². The number of carbonyl (C=O) groups is 1. The summed E-state index contributed by atoms with van der Waals surface area (Å²) in [6.07, 6.45) is 6.22. The normalized spacial score (nSPS) is 17.5. The molecule has 1 aliphatic carbocycles. The third-order valence-corrected chi connectivity index (χ3v) is 5.86. The maximum atomic E-state index is 12.4. The van der Waals surface area contributed by atoms with Gasteiger partial charge >= 0.3 is 0 Å². The van der Waals surface area contributed by atoms with Gasteiger partial charge in [0.05, 0.1) is 5.69 Å². The summed E-state index contributed by atoms with van der Waals surface area (Å²) in [7, 11) is 0. The molecule has 1 aromatic rings. The van der Waals surface area contributed by atoms with Crippen molar-refractivity contribution in [1.82, 2.24) is 0 Å². The highest BCUT2D eigenvalue weighted by Crippen LogP contribution is 2.39. The van der Waals surface area contributed by atoms with E-state index in [-0.39, 0.29) is 11.3 Å². The number of amides is 1. The standard InChI is InChI=1S/C15H19Br3N2O/c16-10-6-11(17)14(12(18)7-10)20-13(21)8-15(9-19)4-2-1-3-5-15/h6-7H,1-5,8-9,19H2,(H,20,21). The van der Waals surface area contributed by atoms with Gasteiger partial charge in [0.2, 0.25) is 5.91 Å². The minimum Gasteiger partial charge on any atom is -0.330 e. The summed E-state index contributed by atoms with van der Waals surface area (Å²) >= 11 is 10.4. The Kier molecular flexibility index (Phi) is 6.29. The van der Waals surface area contributed by atoms with Gasteiger partial charge in [-0.3, -0.25) is 4.79 Å². The molecule has 0 bridgehead atoms. The van der Waals surface area contributed by atoms with Gasteiger partial charge in [0.1, 0.15) is 0 Å². The number of nitrogens with one attached hydrogen (secondary N) is 1. The lowest BCUT2D eigenvalue weighted by atomic mass is 9.71. The summed E-state index contributed by atoms with van der Waals surface area (Å²) < 4.78 is 2.65. The molecule has 21 heavy (non-hydrogen) atoms. The predicted octanol–water partition coefficient (Wildman–Crippen LogP) is 5.21. The van der Waals surface area contributed by atoms with Crippen LogP contribution in [-0.4, -0.2) is 12.5 Å². The van der Waals surface area contributed by atoms with E-state index in [0.29, 0.717) is 13.0 Å². The van der Waals surface area contributed by atoms with Crippen molar-refractivity contribution >= 4 is 59.4 Å². The lowest BCUT2D eigenvalue weighted by Gasteiger charge is -2.35. The second kappa shape index (κ2) is 7.57. The highest BCUT2D eigenvalue weighted by molar-refractivity contribution is 9.11. The monoisotopic (exact) mass is 480 g/mol. The van der Waals surface area contributed by atoms with Crippen molar-refractivity contribution in [2.24, 2.45) is 11.1 Å². The Labute approximate surface area is 150 Å². The molecule has 3 N–H and O–H groups in total. The maximum absolute atomic E-state index is 12.4. The van der Waals surface area contributed by atoms with Crippen LogP contribution >= 0.6 is 47.8 Å². The van der Waals surface area contributed by atoms with E-state index in [9.17, 15) is 4.79 Å². The van der Waals surface area contributed by atoms with Crippen molar-refractivity contribution in [3.8, 4) is 0 Å². The number of carbonyl (C=O) groups excluding carboxylic acids is 1. The van der Waals surface area contributed by atoms with E-state index in [1.54, 1.807) is 0 Å². The third kappa shape index (κ3) is 4.53. The van der Waals surface area contributed by atoms with Crippen LogP contribution < -0.4 is 11.1 Å². The Morgan fingerprint density at radius 1 is 1.14 bits per heavy atom. The van der Waals surface area contributed by atoms with E-state index < -0.39 is 0 Å². The molecule has 0 atom stereocenters. The van der Waals surface area contributed by atoms with Crippen LogP contribution in [0.4, 0.5) is 5.69 Å². The second-order valence-corrected chi connectivity index (χ2v) is 8.36. The maximum Gasteiger partial charge on any atom is 0.225 e. The molecule has 0 saturated heterocycles. The van der Waals surface area contributed by atoms with Crippen LogP contribution in [0.2, 0.25) is 0 Å². The third-order valence-electron chi connectivity index (χ3n) is 4.15. The van der Waals surface area contributed by atoms with Crippen LogP contribution in [0.5, 0.6) is 0 Å². The van der Waals surface area contributed by atoms with Gasteiger partial charge in [0.15, 0.2) is 0 Å². The zero-order valence-corrected chi connectivity index (χ0v) is 16.5. The fraction of sp³-hybridized carbons (Fsp3) is 0.533. The number of hydrogen-bond acceptors (Lipinski definition) is 2. The van der Waals surface area contributed by atoms with Gasteiger partial charge in [-0.1, -0.05) is 35.2 Å². The molecule has 6 heteroatoms. The van der Waals surface area contributed by atoms with Crippen LogP contribution in [-0.2, 0) is 4.79 Å². The Hall–Kier alpha value is 0.0900. The molecule has 116 valence electrons. The average Bonchev–Trinajstić information content (AvgIpc) is 2.44. The number of nitrogens with two attached hydrogens (primary N) is 1. The van der Waals surface area contributed by atoms with Crippen LogP contribution in [0.3, 0.4) is 0 Å². The molecule has 1 aliphatic rings. The number of hydrogen-bond donors (Lipinski definition) is 2. The van der Waals surface area contributed by atoms with Gasteiger partial charge in [0.25, 0.3) is 0 Å². The van der Waals surface area contributed by atoms with Gasteiger partial charge in [0, 0.05) is 19.8 Å². The summed E-state index contributed by atoms with van der Waals surface area (Å²) in [6, 6.07) is 3.83. The highest BCUT2D eigenvalue weighted by atomic mass is 79.9. The zero-order chi connectivity index (χ0) is 15.5. The van der Waals surface area contributed by atoms with Crippen molar-refractivity contribution in [3.05, 3.63) is 25.6 Å². The first-order valence-corrected chi connectivity index (χ1v) is 9.48. The molecule has 0 spiro atoms. The van der Waals surface area contributed by atoms with Crippen LogP contribution in [0.15, 0.2) is 25.6 Å². The summed E-state index contributed by atoms with van der Waals surface area (Å²) in [5.41, 5.74) is 6.71. The lowest BCUT2D eigenvalue weighted by Crippen LogP contribution is -2.36. The summed E-state index contributed by atoms with van der Waals surface area (Å²) in [5.74, 6) is 0.0334.